The summed E-state index contributed by atoms with van der Waals surface area (Å²) < 4.78 is 23.7. The first kappa shape index (κ1) is 26.9. The number of hydrogen-bond donors (Lipinski definition) is 0. The standard InChI is InChI=1S/C30H26N2O7S/c1-5-38-29(35)25-17(2)31-30-32(26(25)21-12-8-9-13-22(21)36-3)27(33)24(40-30)16-18-14-15-23(39-18)19-10-6-7-11-20(19)28(34)37-4/h6-16,26H,5H2,1-4H3/t26-/m0/s1. The lowest BCUT2D eigenvalue weighted by Gasteiger charge is -2.25. The molecule has 0 aliphatic carbocycles. The Balaban J connectivity index is 1.65. The number of para-hydroxylation sites is 1. The molecule has 0 spiro atoms. The van der Waals surface area contributed by atoms with Gasteiger partial charge >= 0.3 is 11.9 Å². The van der Waals surface area contributed by atoms with Crippen molar-refractivity contribution in [2.24, 2.45) is 4.99 Å². The topological polar surface area (TPSA) is 109 Å². The van der Waals surface area contributed by atoms with Gasteiger partial charge in [0.05, 0.1) is 42.2 Å². The van der Waals surface area contributed by atoms with E-state index in [1.807, 2.05) is 18.2 Å². The van der Waals surface area contributed by atoms with Gasteiger partial charge < -0.3 is 18.6 Å². The maximum absolute atomic E-state index is 13.9. The summed E-state index contributed by atoms with van der Waals surface area (Å²) in [5.74, 6) is 0.362. The van der Waals surface area contributed by atoms with Crippen LogP contribution in [0.15, 0.2) is 86.1 Å². The Hall–Kier alpha value is -4.70. The highest BCUT2D eigenvalue weighted by Crippen LogP contribution is 2.35. The number of allylic oxidation sites excluding steroid dienone is 1. The van der Waals surface area contributed by atoms with Crippen molar-refractivity contribution in [3.63, 3.8) is 0 Å². The number of esters is 2. The Labute approximate surface area is 233 Å². The number of benzene rings is 2. The molecule has 0 unspecified atom stereocenters. The zero-order chi connectivity index (χ0) is 28.4. The Morgan fingerprint density at radius 2 is 1.80 bits per heavy atom. The van der Waals surface area contributed by atoms with Gasteiger partial charge in [0.1, 0.15) is 23.3 Å². The largest absolute Gasteiger partial charge is 0.496 e. The lowest BCUT2D eigenvalue weighted by atomic mass is 9.95. The number of fused-ring (bicyclic) bond motifs is 1. The van der Waals surface area contributed by atoms with Crippen LogP contribution in [0.4, 0.5) is 0 Å². The molecule has 0 bridgehead atoms. The van der Waals surface area contributed by atoms with Crippen molar-refractivity contribution in [1.82, 2.24) is 4.57 Å². The van der Waals surface area contributed by atoms with E-state index in [-0.39, 0.29) is 17.7 Å². The molecule has 4 aromatic rings. The van der Waals surface area contributed by atoms with Crippen molar-refractivity contribution in [2.45, 2.75) is 19.9 Å². The van der Waals surface area contributed by atoms with E-state index < -0.39 is 18.0 Å². The molecule has 1 atom stereocenters. The third kappa shape index (κ3) is 4.77. The Kier molecular flexibility index (Phi) is 7.52. The van der Waals surface area contributed by atoms with Crippen molar-refractivity contribution in [3.8, 4) is 17.1 Å². The molecule has 0 radical (unpaired) electrons. The second-order valence-electron chi connectivity index (χ2n) is 8.78. The molecule has 3 heterocycles. The van der Waals surface area contributed by atoms with E-state index in [9.17, 15) is 14.4 Å². The highest BCUT2D eigenvalue weighted by Gasteiger charge is 2.35. The molecule has 9 nitrogen and oxygen atoms in total. The number of methoxy groups -OCH3 is 2. The Morgan fingerprint density at radius 1 is 1.05 bits per heavy atom. The molecule has 0 saturated carbocycles. The molecule has 0 N–H and O–H groups in total. The van der Waals surface area contributed by atoms with Crippen LogP contribution < -0.4 is 19.6 Å². The van der Waals surface area contributed by atoms with E-state index in [1.54, 1.807) is 62.4 Å². The quantitative estimate of drug-likeness (QED) is 0.317. The van der Waals surface area contributed by atoms with Crippen LogP contribution in [0.25, 0.3) is 17.4 Å². The summed E-state index contributed by atoms with van der Waals surface area (Å²) in [6.07, 6.45) is 1.62. The molecule has 2 aromatic heterocycles. The first-order chi connectivity index (χ1) is 19.4. The van der Waals surface area contributed by atoms with Crippen LogP contribution in [0, 0.1) is 0 Å². The van der Waals surface area contributed by atoms with E-state index in [0.29, 0.717) is 49.0 Å². The number of rotatable bonds is 7. The molecule has 0 saturated heterocycles. The fraction of sp³-hybridized carbons (Fsp3) is 0.200. The Morgan fingerprint density at radius 3 is 2.55 bits per heavy atom. The molecule has 40 heavy (non-hydrogen) atoms. The second kappa shape index (κ2) is 11.2. The zero-order valence-electron chi connectivity index (χ0n) is 22.3. The van der Waals surface area contributed by atoms with E-state index in [0.717, 1.165) is 0 Å². The van der Waals surface area contributed by atoms with Gasteiger partial charge in [-0.1, -0.05) is 47.7 Å². The number of carbonyl (C=O) groups is 2. The van der Waals surface area contributed by atoms with Crippen LogP contribution in [-0.2, 0) is 14.3 Å². The van der Waals surface area contributed by atoms with Crippen LogP contribution in [0.2, 0.25) is 0 Å². The van der Waals surface area contributed by atoms with Gasteiger partial charge in [0.15, 0.2) is 4.80 Å². The van der Waals surface area contributed by atoms with Gasteiger partial charge in [0, 0.05) is 17.2 Å². The molecule has 5 rings (SSSR count). The summed E-state index contributed by atoms with van der Waals surface area (Å²) in [6, 6.07) is 16.8. The van der Waals surface area contributed by atoms with Crippen LogP contribution >= 0.6 is 11.3 Å². The van der Waals surface area contributed by atoms with Crippen molar-refractivity contribution < 1.29 is 28.2 Å². The van der Waals surface area contributed by atoms with Gasteiger partial charge in [-0.15, -0.1) is 0 Å². The molecular weight excluding hydrogens is 532 g/mol. The van der Waals surface area contributed by atoms with Gasteiger partial charge in [-0.3, -0.25) is 9.36 Å². The highest BCUT2D eigenvalue weighted by molar-refractivity contribution is 7.07. The molecule has 1 aliphatic rings. The zero-order valence-corrected chi connectivity index (χ0v) is 23.1. The van der Waals surface area contributed by atoms with E-state index >= 15 is 0 Å². The van der Waals surface area contributed by atoms with Gasteiger partial charge in [0.2, 0.25) is 0 Å². The fourth-order valence-corrected chi connectivity index (χ4v) is 5.70. The summed E-state index contributed by atoms with van der Waals surface area (Å²) in [6.45, 7) is 3.63. The molecule has 1 aliphatic heterocycles. The molecular formula is C30H26N2O7S. The minimum absolute atomic E-state index is 0.179. The Bertz CT molecular complexity index is 1830. The van der Waals surface area contributed by atoms with Crippen LogP contribution in [0.5, 0.6) is 5.75 Å². The minimum atomic E-state index is -0.798. The second-order valence-corrected chi connectivity index (χ2v) is 9.79. The number of hydrogen-bond acceptors (Lipinski definition) is 9. The van der Waals surface area contributed by atoms with Crippen LogP contribution in [-0.4, -0.2) is 37.3 Å². The van der Waals surface area contributed by atoms with E-state index in [4.69, 9.17) is 18.6 Å². The average molecular weight is 559 g/mol. The lowest BCUT2D eigenvalue weighted by molar-refractivity contribution is -0.139. The third-order valence-electron chi connectivity index (χ3n) is 6.45. The predicted molar refractivity (Wildman–Crippen MR) is 149 cm³/mol. The van der Waals surface area contributed by atoms with Crippen LogP contribution in [0.3, 0.4) is 0 Å². The summed E-state index contributed by atoms with van der Waals surface area (Å²) in [5, 5.41) is 0. The number of carbonyl (C=O) groups excluding carboxylic acids is 2. The van der Waals surface area contributed by atoms with Gasteiger partial charge in [-0.25, -0.2) is 14.6 Å². The van der Waals surface area contributed by atoms with E-state index in [1.165, 1.54) is 30.1 Å². The normalized spacial score (nSPS) is 14.9. The third-order valence-corrected chi connectivity index (χ3v) is 7.43. The summed E-state index contributed by atoms with van der Waals surface area (Å²) in [7, 11) is 2.86. The maximum Gasteiger partial charge on any atom is 0.338 e. The maximum atomic E-state index is 13.9. The smallest absolute Gasteiger partial charge is 0.338 e. The van der Waals surface area contributed by atoms with Gasteiger partial charge in [0.25, 0.3) is 5.56 Å². The van der Waals surface area contributed by atoms with Crippen molar-refractivity contribution in [2.75, 3.05) is 20.8 Å². The fourth-order valence-electron chi connectivity index (χ4n) is 4.67. The number of aromatic nitrogens is 1. The molecule has 0 fully saturated rings. The van der Waals surface area contributed by atoms with Crippen molar-refractivity contribution in [3.05, 3.63) is 109 Å². The summed E-state index contributed by atoms with van der Waals surface area (Å²) in [5.41, 5.74) is 1.95. The first-order valence-corrected chi connectivity index (χ1v) is 13.3. The van der Waals surface area contributed by atoms with Crippen molar-refractivity contribution in [1.29, 1.82) is 0 Å². The number of ether oxygens (including phenoxy) is 3. The summed E-state index contributed by atoms with van der Waals surface area (Å²) in [4.78, 5) is 44.2. The van der Waals surface area contributed by atoms with Gasteiger partial charge in [-0.2, -0.15) is 0 Å². The average Bonchev–Trinajstić information content (AvgIpc) is 3.56. The molecule has 2 aromatic carbocycles. The minimum Gasteiger partial charge on any atom is -0.496 e. The van der Waals surface area contributed by atoms with Crippen molar-refractivity contribution >= 4 is 29.4 Å². The number of furan rings is 1. The summed E-state index contributed by atoms with van der Waals surface area (Å²) >= 11 is 1.18. The lowest BCUT2D eigenvalue weighted by Crippen LogP contribution is -2.40. The van der Waals surface area contributed by atoms with Gasteiger partial charge in [-0.05, 0) is 38.1 Å². The molecule has 0 amide bonds. The highest BCUT2D eigenvalue weighted by atomic mass is 32.1. The number of thiazole rings is 1. The predicted octanol–water partition coefficient (Wildman–Crippen LogP) is 3.85. The number of nitrogens with zero attached hydrogens (tertiary/aromatic N) is 2. The SMILES string of the molecule is CCOC(=O)C1=C(C)N=c2sc(=Cc3ccc(-c4ccccc4C(=O)OC)o3)c(=O)n2[C@H]1c1ccccc1OC. The monoisotopic (exact) mass is 558 g/mol. The molecule has 204 valence electrons. The van der Waals surface area contributed by atoms with E-state index in [2.05, 4.69) is 4.99 Å². The first-order valence-electron chi connectivity index (χ1n) is 12.5. The molecule has 10 heteroatoms. The van der Waals surface area contributed by atoms with Crippen LogP contribution in [0.1, 0.15) is 41.6 Å².